The molecular weight excluding hydrogens is 192 g/mol. The summed E-state index contributed by atoms with van der Waals surface area (Å²) in [5, 5.41) is 0. The molecule has 0 radical (unpaired) electrons. The number of hydrogen-bond donors (Lipinski definition) is 0. The highest BCUT2D eigenvalue weighted by Gasteiger charge is 2.19. The van der Waals surface area contributed by atoms with Crippen LogP contribution in [0.2, 0.25) is 0 Å². The summed E-state index contributed by atoms with van der Waals surface area (Å²) in [5.74, 6) is -0.442. The Balaban J connectivity index is 2.62. The van der Waals surface area contributed by atoms with Gasteiger partial charge in [-0.2, -0.15) is 0 Å². The van der Waals surface area contributed by atoms with Gasteiger partial charge < -0.3 is 9.47 Å². The van der Waals surface area contributed by atoms with Crippen molar-refractivity contribution in [3.63, 3.8) is 0 Å². The SMILES string of the molecule is COCC(Cc1ccccc1)C(=O)OC. The Bertz CT molecular complexity index is 295. The smallest absolute Gasteiger partial charge is 0.311 e. The van der Waals surface area contributed by atoms with Gasteiger partial charge in [0, 0.05) is 7.11 Å². The lowest BCUT2D eigenvalue weighted by Gasteiger charge is -2.13. The molecule has 1 unspecified atom stereocenters. The predicted octanol–water partition coefficient (Wildman–Crippen LogP) is 1.66. The van der Waals surface area contributed by atoms with Crippen molar-refractivity contribution < 1.29 is 14.3 Å². The van der Waals surface area contributed by atoms with Gasteiger partial charge in [0.25, 0.3) is 0 Å². The zero-order chi connectivity index (χ0) is 11.1. The van der Waals surface area contributed by atoms with Crippen LogP contribution in [-0.4, -0.2) is 26.8 Å². The Morgan fingerprint density at radius 3 is 2.47 bits per heavy atom. The van der Waals surface area contributed by atoms with Crippen LogP contribution in [0.4, 0.5) is 0 Å². The van der Waals surface area contributed by atoms with Gasteiger partial charge in [-0.1, -0.05) is 30.3 Å². The molecule has 1 rings (SSSR count). The number of methoxy groups -OCH3 is 2. The molecule has 15 heavy (non-hydrogen) atoms. The Morgan fingerprint density at radius 1 is 1.27 bits per heavy atom. The number of esters is 1. The van der Waals surface area contributed by atoms with Crippen LogP contribution in [0.15, 0.2) is 30.3 Å². The number of carbonyl (C=O) groups is 1. The fraction of sp³-hybridized carbons (Fsp3) is 0.417. The second kappa shape index (κ2) is 6.19. The molecule has 0 aliphatic heterocycles. The molecule has 3 nitrogen and oxygen atoms in total. The van der Waals surface area contributed by atoms with Gasteiger partial charge in [0.2, 0.25) is 0 Å². The van der Waals surface area contributed by atoms with Crippen molar-refractivity contribution in [3.8, 4) is 0 Å². The second-order valence-electron chi connectivity index (χ2n) is 3.37. The monoisotopic (exact) mass is 208 g/mol. The van der Waals surface area contributed by atoms with Crippen LogP contribution in [-0.2, 0) is 20.7 Å². The molecule has 3 heteroatoms. The Kier molecular flexibility index (Phi) is 4.84. The van der Waals surface area contributed by atoms with Crippen LogP contribution in [0.1, 0.15) is 5.56 Å². The van der Waals surface area contributed by atoms with Crippen LogP contribution in [0, 0.1) is 5.92 Å². The van der Waals surface area contributed by atoms with Crippen molar-refractivity contribution in [2.45, 2.75) is 6.42 Å². The predicted molar refractivity (Wildman–Crippen MR) is 57.5 cm³/mol. The van der Waals surface area contributed by atoms with Crippen LogP contribution in [0.25, 0.3) is 0 Å². The average molecular weight is 208 g/mol. The summed E-state index contributed by atoms with van der Waals surface area (Å²) >= 11 is 0. The van der Waals surface area contributed by atoms with Gasteiger partial charge in [0.15, 0.2) is 0 Å². The maximum atomic E-state index is 11.4. The summed E-state index contributed by atoms with van der Waals surface area (Å²) in [6.45, 7) is 0.390. The zero-order valence-corrected chi connectivity index (χ0v) is 9.10. The minimum absolute atomic E-state index is 0.220. The second-order valence-corrected chi connectivity index (χ2v) is 3.37. The van der Waals surface area contributed by atoms with Gasteiger partial charge in [0.05, 0.1) is 19.6 Å². The summed E-state index contributed by atoms with van der Waals surface area (Å²) in [7, 11) is 2.98. The zero-order valence-electron chi connectivity index (χ0n) is 9.10. The Labute approximate surface area is 90.0 Å². The Hall–Kier alpha value is -1.35. The van der Waals surface area contributed by atoms with E-state index in [0.29, 0.717) is 13.0 Å². The topological polar surface area (TPSA) is 35.5 Å². The first-order valence-corrected chi connectivity index (χ1v) is 4.88. The lowest BCUT2D eigenvalue weighted by Crippen LogP contribution is -2.23. The summed E-state index contributed by atoms with van der Waals surface area (Å²) in [6, 6.07) is 9.84. The first-order valence-electron chi connectivity index (χ1n) is 4.88. The maximum absolute atomic E-state index is 11.4. The van der Waals surface area contributed by atoms with Crippen molar-refractivity contribution in [1.29, 1.82) is 0 Å². The molecule has 0 saturated carbocycles. The molecule has 0 aliphatic carbocycles. The average Bonchev–Trinajstić information content (AvgIpc) is 2.29. The summed E-state index contributed by atoms with van der Waals surface area (Å²) < 4.78 is 9.72. The molecule has 0 spiro atoms. The van der Waals surface area contributed by atoms with Gasteiger partial charge in [0.1, 0.15) is 0 Å². The summed E-state index contributed by atoms with van der Waals surface area (Å²) in [6.07, 6.45) is 0.654. The van der Waals surface area contributed by atoms with Crippen molar-refractivity contribution >= 4 is 5.97 Å². The number of benzene rings is 1. The first-order chi connectivity index (χ1) is 7.27. The molecule has 0 N–H and O–H groups in total. The highest BCUT2D eigenvalue weighted by atomic mass is 16.5. The van der Waals surface area contributed by atoms with E-state index in [4.69, 9.17) is 9.47 Å². The van der Waals surface area contributed by atoms with E-state index in [1.807, 2.05) is 30.3 Å². The van der Waals surface area contributed by atoms with Gasteiger partial charge in [-0.25, -0.2) is 0 Å². The minimum Gasteiger partial charge on any atom is -0.469 e. The van der Waals surface area contributed by atoms with Crippen molar-refractivity contribution in [1.82, 2.24) is 0 Å². The van der Waals surface area contributed by atoms with Crippen molar-refractivity contribution in [2.24, 2.45) is 5.92 Å². The molecule has 0 aromatic heterocycles. The maximum Gasteiger partial charge on any atom is 0.311 e. The fourth-order valence-corrected chi connectivity index (χ4v) is 1.48. The molecule has 1 aromatic carbocycles. The summed E-state index contributed by atoms with van der Waals surface area (Å²) in [4.78, 5) is 11.4. The van der Waals surface area contributed by atoms with E-state index in [0.717, 1.165) is 5.56 Å². The number of hydrogen-bond acceptors (Lipinski definition) is 3. The van der Waals surface area contributed by atoms with E-state index in [9.17, 15) is 4.79 Å². The number of carbonyl (C=O) groups excluding carboxylic acids is 1. The highest BCUT2D eigenvalue weighted by molar-refractivity contribution is 5.72. The molecule has 0 saturated heterocycles. The van der Waals surface area contributed by atoms with E-state index < -0.39 is 0 Å². The van der Waals surface area contributed by atoms with E-state index in [1.165, 1.54) is 7.11 Å². The van der Waals surface area contributed by atoms with E-state index in [1.54, 1.807) is 7.11 Å². The molecule has 0 fully saturated rings. The van der Waals surface area contributed by atoms with Crippen LogP contribution < -0.4 is 0 Å². The normalized spacial score (nSPS) is 12.1. The van der Waals surface area contributed by atoms with Crippen molar-refractivity contribution in [2.75, 3.05) is 20.8 Å². The van der Waals surface area contributed by atoms with Crippen LogP contribution in [0.5, 0.6) is 0 Å². The van der Waals surface area contributed by atoms with Gasteiger partial charge in [-0.3, -0.25) is 4.79 Å². The van der Waals surface area contributed by atoms with Crippen LogP contribution >= 0.6 is 0 Å². The third-order valence-electron chi connectivity index (χ3n) is 2.23. The standard InChI is InChI=1S/C12H16O3/c1-14-9-11(12(13)15-2)8-10-6-4-3-5-7-10/h3-7,11H,8-9H2,1-2H3. The van der Waals surface area contributed by atoms with E-state index >= 15 is 0 Å². The van der Waals surface area contributed by atoms with Crippen molar-refractivity contribution in [3.05, 3.63) is 35.9 Å². The molecule has 0 bridgehead atoms. The molecular formula is C12H16O3. The van der Waals surface area contributed by atoms with Crippen LogP contribution in [0.3, 0.4) is 0 Å². The summed E-state index contributed by atoms with van der Waals surface area (Å²) in [5.41, 5.74) is 1.12. The molecule has 82 valence electrons. The number of rotatable bonds is 5. The molecule has 0 heterocycles. The van der Waals surface area contributed by atoms with Gasteiger partial charge in [-0.15, -0.1) is 0 Å². The lowest BCUT2D eigenvalue weighted by molar-refractivity contribution is -0.147. The molecule has 0 aliphatic rings. The number of ether oxygens (including phenoxy) is 2. The fourth-order valence-electron chi connectivity index (χ4n) is 1.48. The van der Waals surface area contributed by atoms with E-state index in [-0.39, 0.29) is 11.9 Å². The largest absolute Gasteiger partial charge is 0.469 e. The molecule has 1 atom stereocenters. The molecule has 1 aromatic rings. The first kappa shape index (κ1) is 11.7. The Morgan fingerprint density at radius 2 is 1.93 bits per heavy atom. The third kappa shape index (κ3) is 3.72. The quantitative estimate of drug-likeness (QED) is 0.690. The third-order valence-corrected chi connectivity index (χ3v) is 2.23. The van der Waals surface area contributed by atoms with E-state index in [2.05, 4.69) is 0 Å². The minimum atomic E-state index is -0.222. The van der Waals surface area contributed by atoms with Gasteiger partial charge in [-0.05, 0) is 12.0 Å². The lowest BCUT2D eigenvalue weighted by atomic mass is 10.0. The molecule has 0 amide bonds. The highest BCUT2D eigenvalue weighted by Crippen LogP contribution is 2.10. The van der Waals surface area contributed by atoms with Gasteiger partial charge >= 0.3 is 5.97 Å².